The van der Waals surface area contributed by atoms with Gasteiger partial charge in [0.05, 0.1) is 29.4 Å². The average Bonchev–Trinajstić information content (AvgIpc) is 2.88. The Bertz CT molecular complexity index is 998. The predicted molar refractivity (Wildman–Crippen MR) is 86.6 cm³/mol. The summed E-state index contributed by atoms with van der Waals surface area (Å²) in [6, 6.07) is 12.5. The zero-order valence-corrected chi connectivity index (χ0v) is 12.8. The van der Waals surface area contributed by atoms with Gasteiger partial charge in [0.25, 0.3) is 0 Å². The number of nitriles is 1. The average molecular weight is 319 g/mol. The van der Waals surface area contributed by atoms with E-state index in [2.05, 4.69) is 15.2 Å². The molecule has 24 heavy (non-hydrogen) atoms. The van der Waals surface area contributed by atoms with Crippen LogP contribution in [-0.4, -0.2) is 20.5 Å². The van der Waals surface area contributed by atoms with Crippen molar-refractivity contribution >= 4 is 23.1 Å². The molecule has 0 radical (unpaired) electrons. The fourth-order valence-corrected chi connectivity index (χ4v) is 2.29. The van der Waals surface area contributed by atoms with Crippen LogP contribution in [0.1, 0.15) is 16.8 Å². The number of carbonyl (C=O) groups is 1. The van der Waals surface area contributed by atoms with Gasteiger partial charge in [0.15, 0.2) is 5.82 Å². The molecule has 0 amide bonds. The van der Waals surface area contributed by atoms with E-state index in [0.29, 0.717) is 28.4 Å². The maximum absolute atomic E-state index is 11.1. The standard InChI is InChI=1S/C17H13N5O2/c1-11-5-6-22-15(7-11)19-14(9-16(23)24)17(22)21-20-13-4-2-3-12(8-13)10-18/h2-8H,9H2,1H3,(H,23,24). The molecule has 0 unspecified atom stereocenters. The van der Waals surface area contributed by atoms with Gasteiger partial charge in [-0.3, -0.25) is 9.20 Å². The molecule has 0 aliphatic rings. The second kappa shape index (κ2) is 6.30. The lowest BCUT2D eigenvalue weighted by Gasteiger charge is -1.98. The molecule has 2 aromatic heterocycles. The van der Waals surface area contributed by atoms with Crippen molar-refractivity contribution in [1.82, 2.24) is 9.38 Å². The minimum atomic E-state index is -0.988. The molecular weight excluding hydrogens is 306 g/mol. The second-order valence-electron chi connectivity index (χ2n) is 5.25. The van der Waals surface area contributed by atoms with Gasteiger partial charge in [0, 0.05) is 6.20 Å². The quantitative estimate of drug-likeness (QED) is 0.742. The summed E-state index contributed by atoms with van der Waals surface area (Å²) in [5, 5.41) is 26.3. The molecule has 3 rings (SSSR count). The Labute approximate surface area is 137 Å². The van der Waals surface area contributed by atoms with E-state index >= 15 is 0 Å². The van der Waals surface area contributed by atoms with Crippen molar-refractivity contribution in [1.29, 1.82) is 5.26 Å². The number of carboxylic acids is 1. The number of pyridine rings is 1. The first-order valence-corrected chi connectivity index (χ1v) is 7.18. The zero-order valence-electron chi connectivity index (χ0n) is 12.8. The summed E-state index contributed by atoms with van der Waals surface area (Å²) >= 11 is 0. The molecule has 0 spiro atoms. The molecule has 0 aliphatic heterocycles. The molecule has 0 saturated heterocycles. The number of imidazole rings is 1. The summed E-state index contributed by atoms with van der Waals surface area (Å²) in [4.78, 5) is 15.4. The highest BCUT2D eigenvalue weighted by Crippen LogP contribution is 2.25. The molecule has 0 fully saturated rings. The number of nitrogens with zero attached hydrogens (tertiary/aromatic N) is 5. The van der Waals surface area contributed by atoms with E-state index < -0.39 is 5.97 Å². The monoisotopic (exact) mass is 319 g/mol. The molecule has 118 valence electrons. The van der Waals surface area contributed by atoms with E-state index in [-0.39, 0.29) is 6.42 Å². The SMILES string of the molecule is Cc1ccn2c(N=Nc3cccc(C#N)c3)c(CC(=O)O)nc2c1. The van der Waals surface area contributed by atoms with Crippen molar-refractivity contribution in [2.24, 2.45) is 10.2 Å². The molecule has 0 aliphatic carbocycles. The predicted octanol–water partition coefficient (Wildman–Crippen LogP) is 3.56. The van der Waals surface area contributed by atoms with E-state index in [4.69, 9.17) is 10.4 Å². The minimum Gasteiger partial charge on any atom is -0.481 e. The van der Waals surface area contributed by atoms with Gasteiger partial charge in [-0.1, -0.05) is 6.07 Å². The maximum Gasteiger partial charge on any atom is 0.309 e. The van der Waals surface area contributed by atoms with Crippen LogP contribution in [0.15, 0.2) is 52.8 Å². The third kappa shape index (κ3) is 3.13. The van der Waals surface area contributed by atoms with Gasteiger partial charge in [-0.2, -0.15) is 5.26 Å². The van der Waals surface area contributed by atoms with Crippen LogP contribution in [0.3, 0.4) is 0 Å². The van der Waals surface area contributed by atoms with Crippen LogP contribution in [0.25, 0.3) is 5.65 Å². The van der Waals surface area contributed by atoms with Gasteiger partial charge in [0.1, 0.15) is 5.65 Å². The van der Waals surface area contributed by atoms with Gasteiger partial charge in [-0.05, 0) is 42.8 Å². The normalized spacial score (nSPS) is 11.0. The lowest BCUT2D eigenvalue weighted by atomic mass is 10.2. The molecule has 2 heterocycles. The minimum absolute atomic E-state index is 0.243. The maximum atomic E-state index is 11.1. The molecular formula is C17H13N5O2. The number of hydrogen-bond acceptors (Lipinski definition) is 5. The smallest absolute Gasteiger partial charge is 0.309 e. The van der Waals surface area contributed by atoms with Crippen LogP contribution in [0.5, 0.6) is 0 Å². The summed E-state index contributed by atoms with van der Waals surface area (Å²) in [7, 11) is 0. The van der Waals surface area contributed by atoms with Gasteiger partial charge in [0.2, 0.25) is 0 Å². The van der Waals surface area contributed by atoms with E-state index in [9.17, 15) is 4.79 Å². The summed E-state index contributed by atoms with van der Waals surface area (Å²) < 4.78 is 1.70. The number of aliphatic carboxylic acids is 1. The highest BCUT2D eigenvalue weighted by molar-refractivity contribution is 5.72. The molecule has 1 aromatic carbocycles. The fourth-order valence-electron chi connectivity index (χ4n) is 2.29. The largest absolute Gasteiger partial charge is 0.481 e. The highest BCUT2D eigenvalue weighted by atomic mass is 16.4. The molecule has 0 bridgehead atoms. The number of hydrogen-bond donors (Lipinski definition) is 1. The number of carboxylic acid groups (broad SMARTS) is 1. The van der Waals surface area contributed by atoms with Crippen LogP contribution >= 0.6 is 0 Å². The van der Waals surface area contributed by atoms with Gasteiger partial charge >= 0.3 is 5.97 Å². The molecule has 3 aromatic rings. The summed E-state index contributed by atoms with van der Waals surface area (Å²) in [6.07, 6.45) is 1.54. The van der Waals surface area contributed by atoms with Crippen LogP contribution in [0, 0.1) is 18.3 Å². The Kier molecular flexibility index (Phi) is 4.03. The Morgan fingerprint density at radius 2 is 2.17 bits per heavy atom. The molecule has 0 saturated carbocycles. The van der Waals surface area contributed by atoms with Crippen LogP contribution in [-0.2, 0) is 11.2 Å². The van der Waals surface area contributed by atoms with Gasteiger partial charge in [-0.15, -0.1) is 10.2 Å². The van der Waals surface area contributed by atoms with E-state index in [0.717, 1.165) is 5.56 Å². The van der Waals surface area contributed by atoms with Crippen LogP contribution in [0.2, 0.25) is 0 Å². The highest BCUT2D eigenvalue weighted by Gasteiger charge is 2.15. The van der Waals surface area contributed by atoms with Crippen LogP contribution < -0.4 is 0 Å². The van der Waals surface area contributed by atoms with E-state index in [1.807, 2.05) is 25.1 Å². The third-order valence-corrected chi connectivity index (χ3v) is 3.38. The van der Waals surface area contributed by atoms with Crippen molar-refractivity contribution in [3.05, 3.63) is 59.4 Å². The van der Waals surface area contributed by atoms with Crippen molar-refractivity contribution in [3.63, 3.8) is 0 Å². The Balaban J connectivity index is 2.07. The second-order valence-corrected chi connectivity index (χ2v) is 5.25. The number of benzene rings is 1. The van der Waals surface area contributed by atoms with Crippen molar-refractivity contribution < 1.29 is 9.90 Å². The third-order valence-electron chi connectivity index (χ3n) is 3.38. The van der Waals surface area contributed by atoms with Gasteiger partial charge < -0.3 is 5.11 Å². The summed E-state index contributed by atoms with van der Waals surface area (Å²) in [5.41, 5.74) is 2.96. The van der Waals surface area contributed by atoms with Crippen molar-refractivity contribution in [2.75, 3.05) is 0 Å². The fraction of sp³-hybridized carbons (Fsp3) is 0.118. The number of aryl methyl sites for hydroxylation is 1. The first-order valence-electron chi connectivity index (χ1n) is 7.18. The Morgan fingerprint density at radius 1 is 1.33 bits per heavy atom. The van der Waals surface area contributed by atoms with Crippen molar-refractivity contribution in [2.45, 2.75) is 13.3 Å². The molecule has 7 nitrogen and oxygen atoms in total. The lowest BCUT2D eigenvalue weighted by Crippen LogP contribution is -2.00. The first-order chi connectivity index (χ1) is 11.6. The molecule has 1 N–H and O–H groups in total. The number of rotatable bonds is 4. The lowest BCUT2D eigenvalue weighted by molar-refractivity contribution is -0.136. The Morgan fingerprint density at radius 3 is 2.92 bits per heavy atom. The molecule has 0 atom stereocenters. The first kappa shape index (κ1) is 15.4. The summed E-state index contributed by atoms with van der Waals surface area (Å²) in [6.45, 7) is 1.93. The Hall–Kier alpha value is -3.53. The van der Waals surface area contributed by atoms with Gasteiger partial charge in [-0.25, -0.2) is 4.98 Å². The van der Waals surface area contributed by atoms with Crippen LogP contribution in [0.4, 0.5) is 11.5 Å². The molecule has 7 heteroatoms. The number of aromatic nitrogens is 2. The van der Waals surface area contributed by atoms with Crippen molar-refractivity contribution in [3.8, 4) is 6.07 Å². The number of fused-ring (bicyclic) bond motifs is 1. The zero-order chi connectivity index (χ0) is 17.1. The number of azo groups is 1. The summed E-state index contributed by atoms with van der Waals surface area (Å²) in [5.74, 6) is -0.618. The van der Waals surface area contributed by atoms with E-state index in [1.54, 1.807) is 34.9 Å². The topological polar surface area (TPSA) is 103 Å². The van der Waals surface area contributed by atoms with E-state index in [1.165, 1.54) is 0 Å².